The molecule has 2 aromatic carbocycles. The van der Waals surface area contributed by atoms with E-state index in [4.69, 9.17) is 0 Å². The molecule has 1 atom stereocenters. The van der Waals surface area contributed by atoms with Crippen molar-refractivity contribution in [3.05, 3.63) is 59.2 Å². The predicted octanol–water partition coefficient (Wildman–Crippen LogP) is 3.40. The highest BCUT2D eigenvalue weighted by Crippen LogP contribution is 2.16. The van der Waals surface area contributed by atoms with Crippen molar-refractivity contribution in [2.24, 2.45) is 0 Å². The molecule has 0 bridgehead atoms. The fraction of sp³-hybridized carbons (Fsp3) is 0.318. The summed E-state index contributed by atoms with van der Waals surface area (Å²) in [5, 5.41) is 5.69. The van der Waals surface area contributed by atoms with E-state index in [0.717, 1.165) is 16.8 Å². The van der Waals surface area contributed by atoms with Crippen LogP contribution in [0, 0.1) is 13.8 Å². The van der Waals surface area contributed by atoms with Gasteiger partial charge < -0.3 is 10.6 Å². The number of nitrogens with zero attached hydrogens (tertiary/aromatic N) is 1. The molecule has 0 saturated carbocycles. The third-order valence-corrected chi connectivity index (χ3v) is 4.64. The topological polar surface area (TPSA) is 78.5 Å². The summed E-state index contributed by atoms with van der Waals surface area (Å²) in [6, 6.07) is 12.1. The summed E-state index contributed by atoms with van der Waals surface area (Å²) in [6.07, 6.45) is 0. The minimum atomic E-state index is -0.523. The molecule has 0 spiro atoms. The molecule has 0 radical (unpaired) electrons. The van der Waals surface area contributed by atoms with E-state index in [1.807, 2.05) is 32.0 Å². The molecule has 2 N–H and O–H groups in total. The zero-order valence-corrected chi connectivity index (χ0v) is 17.0. The number of carbonyl (C=O) groups is 3. The molecule has 6 nitrogen and oxygen atoms in total. The predicted molar refractivity (Wildman–Crippen MR) is 112 cm³/mol. The fourth-order valence-electron chi connectivity index (χ4n) is 2.69. The molecule has 0 saturated heterocycles. The standard InChI is InChI=1S/C22H27N3O3/c1-14-9-10-15(2)20(11-14)24-21(27)13-25(5)16(3)22(28)23-19-8-6-7-18(12-19)17(4)26/h6-12,16H,13H2,1-5H3,(H,23,28)(H,24,27)/t16-/m0/s1. The van der Waals surface area contributed by atoms with Crippen molar-refractivity contribution >= 4 is 29.0 Å². The molecule has 0 aromatic heterocycles. The highest BCUT2D eigenvalue weighted by atomic mass is 16.2. The van der Waals surface area contributed by atoms with Crippen LogP contribution in [-0.4, -0.2) is 42.1 Å². The number of rotatable bonds is 7. The number of aryl methyl sites for hydroxylation is 2. The molecule has 0 aliphatic rings. The summed E-state index contributed by atoms with van der Waals surface area (Å²) in [6.45, 7) is 7.19. The van der Waals surface area contributed by atoms with Gasteiger partial charge >= 0.3 is 0 Å². The number of hydrogen-bond donors (Lipinski definition) is 2. The first-order valence-electron chi connectivity index (χ1n) is 9.16. The van der Waals surface area contributed by atoms with Crippen molar-refractivity contribution in [1.29, 1.82) is 0 Å². The first-order valence-corrected chi connectivity index (χ1v) is 9.16. The molecule has 148 valence electrons. The minimum Gasteiger partial charge on any atom is -0.325 e. The van der Waals surface area contributed by atoms with Gasteiger partial charge in [-0.2, -0.15) is 0 Å². The Morgan fingerprint density at radius 2 is 1.75 bits per heavy atom. The van der Waals surface area contributed by atoms with Gasteiger partial charge in [-0.3, -0.25) is 19.3 Å². The van der Waals surface area contributed by atoms with Crippen LogP contribution in [0.5, 0.6) is 0 Å². The largest absolute Gasteiger partial charge is 0.325 e. The summed E-state index contributed by atoms with van der Waals surface area (Å²) in [7, 11) is 1.72. The van der Waals surface area contributed by atoms with Gasteiger partial charge in [0.05, 0.1) is 12.6 Å². The van der Waals surface area contributed by atoms with Crippen LogP contribution in [0.1, 0.15) is 35.3 Å². The lowest BCUT2D eigenvalue weighted by Crippen LogP contribution is -2.43. The Balaban J connectivity index is 1.95. The number of benzene rings is 2. The van der Waals surface area contributed by atoms with Crippen LogP contribution in [0.25, 0.3) is 0 Å². The first kappa shape index (κ1) is 21.3. The number of carbonyl (C=O) groups excluding carboxylic acids is 3. The molecule has 0 fully saturated rings. The molecule has 0 aliphatic carbocycles. The Morgan fingerprint density at radius 1 is 1.04 bits per heavy atom. The van der Waals surface area contributed by atoms with Crippen molar-refractivity contribution in [2.75, 3.05) is 24.2 Å². The van der Waals surface area contributed by atoms with Crippen LogP contribution < -0.4 is 10.6 Å². The summed E-state index contributed by atoms with van der Waals surface area (Å²) in [5.74, 6) is -0.499. The van der Waals surface area contributed by atoms with E-state index < -0.39 is 6.04 Å². The number of likely N-dealkylation sites (N-methyl/N-ethyl adjacent to an activating group) is 1. The van der Waals surface area contributed by atoms with E-state index in [0.29, 0.717) is 11.3 Å². The van der Waals surface area contributed by atoms with Gasteiger partial charge in [-0.15, -0.1) is 0 Å². The molecule has 0 unspecified atom stereocenters. The van der Waals surface area contributed by atoms with E-state index in [2.05, 4.69) is 10.6 Å². The maximum atomic E-state index is 12.5. The second-order valence-electron chi connectivity index (χ2n) is 7.08. The van der Waals surface area contributed by atoms with Gasteiger partial charge in [-0.25, -0.2) is 0 Å². The van der Waals surface area contributed by atoms with Crippen molar-refractivity contribution in [3.8, 4) is 0 Å². The lowest BCUT2D eigenvalue weighted by molar-refractivity contribution is -0.122. The first-order chi connectivity index (χ1) is 13.2. The number of amides is 2. The van der Waals surface area contributed by atoms with Gasteiger partial charge in [-0.1, -0.05) is 24.3 Å². The van der Waals surface area contributed by atoms with E-state index in [1.54, 1.807) is 43.1 Å². The van der Waals surface area contributed by atoms with E-state index in [9.17, 15) is 14.4 Å². The smallest absolute Gasteiger partial charge is 0.241 e. The SMILES string of the molecule is CC(=O)c1cccc(NC(=O)[C@H](C)N(C)CC(=O)Nc2cc(C)ccc2C)c1. The maximum Gasteiger partial charge on any atom is 0.241 e. The Hall–Kier alpha value is -2.99. The molecule has 2 rings (SSSR count). The molecule has 0 aliphatic heterocycles. The molecular weight excluding hydrogens is 354 g/mol. The number of hydrogen-bond acceptors (Lipinski definition) is 4. The average Bonchev–Trinajstić information content (AvgIpc) is 2.64. The van der Waals surface area contributed by atoms with Gasteiger partial charge in [0.1, 0.15) is 0 Å². The normalized spacial score (nSPS) is 11.8. The Morgan fingerprint density at radius 3 is 2.43 bits per heavy atom. The summed E-state index contributed by atoms with van der Waals surface area (Å²) < 4.78 is 0. The van der Waals surface area contributed by atoms with Crippen molar-refractivity contribution < 1.29 is 14.4 Å². The van der Waals surface area contributed by atoms with Crippen molar-refractivity contribution in [3.63, 3.8) is 0 Å². The van der Waals surface area contributed by atoms with Crippen molar-refractivity contribution in [2.45, 2.75) is 33.7 Å². The molecule has 6 heteroatoms. The van der Waals surface area contributed by atoms with Gasteiger partial charge in [0.2, 0.25) is 11.8 Å². The van der Waals surface area contributed by atoms with Gasteiger partial charge in [-0.05, 0) is 64.1 Å². The molecular formula is C22H27N3O3. The van der Waals surface area contributed by atoms with E-state index >= 15 is 0 Å². The number of ketones is 1. The molecule has 2 aromatic rings. The van der Waals surface area contributed by atoms with E-state index in [1.165, 1.54) is 6.92 Å². The van der Waals surface area contributed by atoms with Crippen LogP contribution in [-0.2, 0) is 9.59 Å². The number of nitrogens with one attached hydrogen (secondary N) is 2. The Bertz CT molecular complexity index is 892. The van der Waals surface area contributed by atoms with Gasteiger partial charge in [0.25, 0.3) is 0 Å². The zero-order chi connectivity index (χ0) is 20.8. The van der Waals surface area contributed by atoms with Crippen LogP contribution in [0.15, 0.2) is 42.5 Å². The molecule has 2 amide bonds. The molecule has 28 heavy (non-hydrogen) atoms. The van der Waals surface area contributed by atoms with Crippen LogP contribution >= 0.6 is 0 Å². The minimum absolute atomic E-state index is 0.0654. The monoisotopic (exact) mass is 381 g/mol. The molecule has 0 heterocycles. The Kier molecular flexibility index (Phi) is 7.06. The number of anilines is 2. The van der Waals surface area contributed by atoms with Gasteiger partial charge in [0.15, 0.2) is 5.78 Å². The lowest BCUT2D eigenvalue weighted by Gasteiger charge is -2.23. The quantitative estimate of drug-likeness (QED) is 0.721. The highest BCUT2D eigenvalue weighted by Gasteiger charge is 2.20. The van der Waals surface area contributed by atoms with Crippen LogP contribution in [0.4, 0.5) is 11.4 Å². The van der Waals surface area contributed by atoms with Crippen LogP contribution in [0.3, 0.4) is 0 Å². The lowest BCUT2D eigenvalue weighted by atomic mass is 10.1. The van der Waals surface area contributed by atoms with Crippen molar-refractivity contribution in [1.82, 2.24) is 4.90 Å². The van der Waals surface area contributed by atoms with Gasteiger partial charge in [0, 0.05) is 16.9 Å². The number of Topliss-reactive ketones (excluding diaryl/α,β-unsaturated/α-hetero) is 1. The maximum absolute atomic E-state index is 12.5. The third-order valence-electron chi connectivity index (χ3n) is 4.64. The van der Waals surface area contributed by atoms with E-state index in [-0.39, 0.29) is 24.1 Å². The highest BCUT2D eigenvalue weighted by molar-refractivity contribution is 5.99. The second-order valence-corrected chi connectivity index (χ2v) is 7.08. The summed E-state index contributed by atoms with van der Waals surface area (Å²) >= 11 is 0. The fourth-order valence-corrected chi connectivity index (χ4v) is 2.69. The summed E-state index contributed by atoms with van der Waals surface area (Å²) in [5.41, 5.74) is 3.91. The summed E-state index contributed by atoms with van der Waals surface area (Å²) in [4.78, 5) is 38.0. The third kappa shape index (κ3) is 5.76. The average molecular weight is 381 g/mol. The zero-order valence-electron chi connectivity index (χ0n) is 17.0. The Labute approximate surface area is 165 Å². The second kappa shape index (κ2) is 9.28. The van der Waals surface area contributed by atoms with Crippen LogP contribution in [0.2, 0.25) is 0 Å².